The molecule has 0 aliphatic rings. The average Bonchev–Trinajstić information content (AvgIpc) is 1.27. The van der Waals surface area contributed by atoms with Gasteiger partial charge in [0, 0.05) is 8.07 Å². The fourth-order valence-electron chi connectivity index (χ4n) is 0. The predicted molar refractivity (Wildman–Crippen MR) is 62.6 cm³/mol. The van der Waals surface area contributed by atoms with Crippen LogP contribution in [0, 0.1) is 0 Å². The summed E-state index contributed by atoms with van der Waals surface area (Å²) in [6.45, 7) is 9.31. The molecule has 0 aliphatic carbocycles. The van der Waals surface area contributed by atoms with E-state index in [0.717, 1.165) is 0 Å². The van der Waals surface area contributed by atoms with Gasteiger partial charge in [-0.2, -0.15) is 0 Å². The van der Waals surface area contributed by atoms with E-state index < -0.39 is 8.07 Å². The maximum atomic E-state index is 4.70. The molecule has 14 heavy (non-hydrogen) atoms. The molecule has 0 spiro atoms. The van der Waals surface area contributed by atoms with Gasteiger partial charge in [0.15, 0.2) is 0 Å². The molecule has 0 saturated heterocycles. The van der Waals surface area contributed by atoms with E-state index in [1.807, 2.05) is 0 Å². The monoisotopic (exact) mass is 324 g/mol. The van der Waals surface area contributed by atoms with Gasteiger partial charge in [-0.3, -0.25) is 0 Å². The van der Waals surface area contributed by atoms with Crippen LogP contribution in [-0.4, -0.2) is 40.9 Å². The summed E-state index contributed by atoms with van der Waals surface area (Å²) in [4.78, 5) is 0. The van der Waals surface area contributed by atoms with Crippen molar-refractivity contribution in [1.82, 2.24) is 0 Å². The number of halogens is 2. The van der Waals surface area contributed by atoms with Crippen molar-refractivity contribution in [3.05, 3.63) is 0 Å². The van der Waals surface area contributed by atoms with Crippen LogP contribution in [0.4, 0.5) is 0 Å². The van der Waals surface area contributed by atoms with Gasteiger partial charge in [0.25, 0.3) is 0 Å². The zero-order valence-corrected chi connectivity index (χ0v) is 12.1. The van der Waals surface area contributed by atoms with Crippen molar-refractivity contribution in [3.63, 3.8) is 0 Å². The van der Waals surface area contributed by atoms with Crippen LogP contribution in [0.5, 0.6) is 0 Å². The van der Waals surface area contributed by atoms with E-state index in [4.69, 9.17) is 20.4 Å². The Labute approximate surface area is 100 Å². The summed E-state index contributed by atoms with van der Waals surface area (Å²) in [5, 5.41) is 0. The van der Waals surface area contributed by atoms with E-state index >= 15 is 0 Å². The van der Waals surface area contributed by atoms with Crippen molar-refractivity contribution in [3.8, 4) is 0 Å². The average molecular weight is 326 g/mol. The zero-order valence-electron chi connectivity index (χ0n) is 8.57. The van der Waals surface area contributed by atoms with Crippen molar-refractivity contribution in [2.24, 2.45) is 0 Å². The van der Waals surface area contributed by atoms with Gasteiger partial charge >= 0.3 is 33.0 Å². The second-order valence-corrected chi connectivity index (χ2v) is 10.7. The molecule has 0 heterocycles. The fourth-order valence-corrected chi connectivity index (χ4v) is 0. The Bertz CT molecular complexity index is 51.6. The second kappa shape index (κ2) is 36.9. The third kappa shape index (κ3) is 1720. The van der Waals surface area contributed by atoms with Crippen molar-refractivity contribution in [1.29, 1.82) is 0 Å². The summed E-state index contributed by atoms with van der Waals surface area (Å²) in [7, 11) is 8.79. The molecule has 0 radical (unpaired) electrons. The first-order valence-corrected chi connectivity index (χ1v) is 8.96. The second-order valence-electron chi connectivity index (χ2n) is 3.05. The number of rotatable bonds is 0. The van der Waals surface area contributed by atoms with Crippen LogP contribution >= 0.6 is 20.4 Å². The van der Waals surface area contributed by atoms with E-state index in [1.54, 1.807) is 0 Å². The number of hydrogen-bond acceptors (Lipinski definition) is 0. The van der Waals surface area contributed by atoms with Gasteiger partial charge in [-0.1, -0.05) is 26.2 Å². The molecule has 0 aromatic rings. The molecule has 0 amide bonds. The summed E-state index contributed by atoms with van der Waals surface area (Å²) in [6, 6.07) is 0. The van der Waals surface area contributed by atoms with Crippen LogP contribution in [-0.2, 0) is 12.7 Å². The molecule has 0 aliphatic heterocycles. The summed E-state index contributed by atoms with van der Waals surface area (Å²) in [5.74, 6) is 0. The van der Waals surface area contributed by atoms with Gasteiger partial charge in [-0.25, -0.2) is 0 Å². The predicted octanol–water partition coefficient (Wildman–Crippen LogP) is -1.62. The summed E-state index contributed by atoms with van der Waals surface area (Å²) >= 11 is 0.569. The third-order valence-electron chi connectivity index (χ3n) is 0. The van der Waals surface area contributed by atoms with Gasteiger partial charge in [0.05, 0.1) is 0 Å². The molecule has 0 fully saturated rings. The van der Waals surface area contributed by atoms with E-state index in [1.165, 1.54) is 0 Å². The summed E-state index contributed by atoms with van der Waals surface area (Å²) in [6.07, 6.45) is 0. The standard InChI is InChI=1S/C4H12Si.2ClH.Ni.6H2O/c1-5(2,3)4;;;;;;;;;/h1-4H3;2*1H;;6*1H2/q;;;+2;;;;;;/p-2. The Hall–Kier alpha value is 1.05. The van der Waals surface area contributed by atoms with Crippen LogP contribution in [0.2, 0.25) is 26.2 Å². The molecular formula is C4H24Cl2NiO6Si. The molecule has 0 bridgehead atoms. The molecular weight excluding hydrogens is 302 g/mol. The molecule has 104 valence electrons. The number of hydrogen-bond donors (Lipinski definition) is 0. The normalized spacial score (nSPS) is 5.86. The first kappa shape index (κ1) is 59.8. The summed E-state index contributed by atoms with van der Waals surface area (Å²) in [5.41, 5.74) is 0. The van der Waals surface area contributed by atoms with Gasteiger partial charge < -0.3 is 32.9 Å². The molecule has 10 heteroatoms. The minimum absolute atomic E-state index is 0. The minimum atomic E-state index is -0.611. The summed E-state index contributed by atoms with van der Waals surface area (Å²) < 4.78 is 0. The quantitative estimate of drug-likeness (QED) is 0.463. The van der Waals surface area contributed by atoms with Crippen molar-refractivity contribution in [2.75, 3.05) is 0 Å². The van der Waals surface area contributed by atoms with E-state index in [2.05, 4.69) is 26.2 Å². The third-order valence-corrected chi connectivity index (χ3v) is 0. The van der Waals surface area contributed by atoms with Crippen LogP contribution < -0.4 is 0 Å². The van der Waals surface area contributed by atoms with Gasteiger partial charge in [0.2, 0.25) is 0 Å². The Morgan fingerprint density at radius 1 is 0.643 bits per heavy atom. The molecule has 0 aromatic heterocycles. The van der Waals surface area contributed by atoms with E-state index in [9.17, 15) is 0 Å². The first-order chi connectivity index (χ1) is 3.41. The van der Waals surface area contributed by atoms with Gasteiger partial charge in [-0.15, -0.1) is 0 Å². The van der Waals surface area contributed by atoms with Gasteiger partial charge in [0.1, 0.15) is 0 Å². The molecule has 0 atom stereocenters. The maximum absolute atomic E-state index is 4.70. The molecule has 6 nitrogen and oxygen atoms in total. The molecule has 0 unspecified atom stereocenters. The van der Waals surface area contributed by atoms with Crippen LogP contribution in [0.25, 0.3) is 0 Å². The Balaban J connectivity index is -0.00000000626. The Morgan fingerprint density at radius 3 is 0.643 bits per heavy atom. The molecule has 0 rings (SSSR count). The van der Waals surface area contributed by atoms with Gasteiger partial charge in [-0.05, 0) is 0 Å². The van der Waals surface area contributed by atoms with Crippen molar-refractivity contribution < 1.29 is 45.5 Å². The van der Waals surface area contributed by atoms with Crippen LogP contribution in [0.1, 0.15) is 0 Å². The molecule has 12 N–H and O–H groups in total. The zero-order chi connectivity index (χ0) is 7.21. The van der Waals surface area contributed by atoms with Crippen molar-refractivity contribution >= 4 is 28.5 Å². The Morgan fingerprint density at radius 2 is 0.643 bits per heavy atom. The van der Waals surface area contributed by atoms with Crippen LogP contribution in [0.15, 0.2) is 0 Å². The van der Waals surface area contributed by atoms with E-state index in [0.29, 0.717) is 12.7 Å². The topological polar surface area (TPSA) is 189 Å². The van der Waals surface area contributed by atoms with Crippen LogP contribution in [0.3, 0.4) is 0 Å². The molecule has 0 saturated carbocycles. The first-order valence-electron chi connectivity index (χ1n) is 2.24. The van der Waals surface area contributed by atoms with Crippen molar-refractivity contribution in [2.45, 2.75) is 26.2 Å². The molecule has 0 aromatic carbocycles. The van der Waals surface area contributed by atoms with E-state index in [-0.39, 0.29) is 32.9 Å². The Kier molecular flexibility index (Phi) is 158. The fraction of sp³-hybridized carbons (Fsp3) is 1.00. The SMILES string of the molecule is C[Si](C)(C)C.O.O.O.O.O.O.[Cl][Ni][Cl].